The molecule has 0 saturated heterocycles. The topological polar surface area (TPSA) is 97.4 Å². The lowest BCUT2D eigenvalue weighted by atomic mass is 9.54. The molecule has 0 aliphatic heterocycles. The number of allylic oxidation sites excluding steroid dienone is 4. The van der Waals surface area contributed by atoms with Crippen molar-refractivity contribution in [1.82, 2.24) is 0 Å². The Bertz CT molecular complexity index is 1040. The van der Waals surface area contributed by atoms with Gasteiger partial charge in [-0.1, -0.05) is 71.9 Å². The second kappa shape index (κ2) is 7.59. The summed E-state index contributed by atoms with van der Waals surface area (Å²) in [5.41, 5.74) is 8.41. The van der Waals surface area contributed by atoms with Crippen LogP contribution in [0.2, 0.25) is 0 Å². The Morgan fingerprint density at radius 1 is 0.968 bits per heavy atom. The summed E-state index contributed by atoms with van der Waals surface area (Å²) in [6.45, 7) is 13.2. The highest BCUT2D eigenvalue weighted by molar-refractivity contribution is 5.59. The first kappa shape index (κ1) is 22.7. The predicted octanol–water partition coefficient (Wildman–Crippen LogP) is 5.85. The van der Waals surface area contributed by atoms with Gasteiger partial charge in [0.25, 0.3) is 0 Å². The number of benzene rings is 1. The molecule has 4 nitrogen and oxygen atoms in total. The van der Waals surface area contributed by atoms with Crippen molar-refractivity contribution in [2.24, 2.45) is 28.4 Å². The van der Waals surface area contributed by atoms with Gasteiger partial charge < -0.3 is 5.73 Å². The first-order chi connectivity index (χ1) is 14.4. The monoisotopic (exact) mass is 412 g/mol. The van der Waals surface area contributed by atoms with E-state index in [0.717, 1.165) is 24.0 Å². The van der Waals surface area contributed by atoms with Crippen LogP contribution in [-0.4, -0.2) is 0 Å². The van der Waals surface area contributed by atoms with Gasteiger partial charge in [0, 0.05) is 5.92 Å². The molecule has 0 fully saturated rings. The minimum Gasteiger partial charge on any atom is -0.399 e. The maximum atomic E-state index is 10.2. The Labute approximate surface area is 186 Å². The van der Waals surface area contributed by atoms with E-state index in [1.54, 1.807) is 0 Å². The van der Waals surface area contributed by atoms with Crippen molar-refractivity contribution in [3.8, 4) is 18.2 Å². The van der Waals surface area contributed by atoms with Crippen LogP contribution in [0.3, 0.4) is 0 Å². The van der Waals surface area contributed by atoms with E-state index < -0.39 is 11.3 Å². The highest BCUT2D eigenvalue weighted by Gasteiger charge is 2.55. The molecular formula is C27H32N4. The summed E-state index contributed by atoms with van der Waals surface area (Å²) in [4.78, 5) is 0. The lowest BCUT2D eigenvalue weighted by Gasteiger charge is -2.47. The summed E-state index contributed by atoms with van der Waals surface area (Å²) in [5.74, 6) is -0.114. The van der Waals surface area contributed by atoms with Crippen molar-refractivity contribution in [2.75, 3.05) is 0 Å². The van der Waals surface area contributed by atoms with Crippen LogP contribution in [-0.2, 0) is 5.41 Å². The molecule has 3 atom stereocenters. The van der Waals surface area contributed by atoms with Crippen molar-refractivity contribution in [3.63, 3.8) is 0 Å². The highest BCUT2D eigenvalue weighted by atomic mass is 14.7. The molecule has 2 aliphatic rings. The molecule has 0 heterocycles. The first-order valence-corrected chi connectivity index (χ1v) is 10.9. The third-order valence-electron chi connectivity index (χ3n) is 7.24. The van der Waals surface area contributed by atoms with Gasteiger partial charge in [-0.05, 0) is 52.2 Å². The zero-order valence-electron chi connectivity index (χ0n) is 19.5. The minimum atomic E-state index is -1.56. The molecule has 0 bridgehead atoms. The van der Waals surface area contributed by atoms with E-state index in [0.29, 0.717) is 11.5 Å². The van der Waals surface area contributed by atoms with E-state index in [1.165, 1.54) is 5.56 Å². The maximum absolute atomic E-state index is 10.2. The van der Waals surface area contributed by atoms with Crippen LogP contribution >= 0.6 is 0 Å². The Kier molecular flexibility index (Phi) is 5.54. The zero-order valence-corrected chi connectivity index (χ0v) is 19.5. The maximum Gasteiger partial charge on any atom is 0.191 e. The zero-order chi connectivity index (χ0) is 23.2. The molecule has 0 saturated carbocycles. The van der Waals surface area contributed by atoms with Gasteiger partial charge in [-0.25, -0.2) is 0 Å². The quantitative estimate of drug-likeness (QED) is 0.625. The van der Waals surface area contributed by atoms with Crippen LogP contribution < -0.4 is 5.73 Å². The SMILES string of the molecule is CC(C)(C)c1ccc([C@@H]2[C@H]3CC(C(C)(C)C)CC=C3C(C#N)=C(N)C2(C#N)C#N)cc1. The molecule has 1 aromatic carbocycles. The van der Waals surface area contributed by atoms with Crippen molar-refractivity contribution in [1.29, 1.82) is 15.8 Å². The van der Waals surface area contributed by atoms with Crippen molar-refractivity contribution in [2.45, 2.75) is 65.7 Å². The number of hydrogen-bond donors (Lipinski definition) is 1. The van der Waals surface area contributed by atoms with Gasteiger partial charge in [-0.3, -0.25) is 0 Å². The van der Waals surface area contributed by atoms with E-state index in [4.69, 9.17) is 5.73 Å². The molecule has 1 unspecified atom stereocenters. The molecule has 3 rings (SSSR count). The standard InChI is InChI=1S/C27H32N4/c1-25(2,3)18-9-7-17(8-10-18)23-21-13-19(26(4,5)6)11-12-20(21)22(14-28)24(31)27(23,15-29)16-30/h7-10,12,19,21,23H,11,13,31H2,1-6H3/t19?,21-,23+/m0/s1. The minimum absolute atomic E-state index is 0.00673. The van der Waals surface area contributed by atoms with E-state index in [9.17, 15) is 15.8 Å². The van der Waals surface area contributed by atoms with Gasteiger partial charge in [-0.15, -0.1) is 0 Å². The summed E-state index contributed by atoms with van der Waals surface area (Å²) in [6, 6.07) is 14.9. The molecule has 31 heavy (non-hydrogen) atoms. The van der Waals surface area contributed by atoms with Gasteiger partial charge in [-0.2, -0.15) is 15.8 Å². The number of rotatable bonds is 1. The second-order valence-electron chi connectivity index (χ2n) is 11.1. The Hall–Kier alpha value is -3.03. The first-order valence-electron chi connectivity index (χ1n) is 10.9. The molecule has 0 radical (unpaired) electrons. The third-order valence-corrected chi connectivity index (χ3v) is 7.24. The molecule has 0 spiro atoms. The lowest BCUT2D eigenvalue weighted by molar-refractivity contribution is 0.170. The molecule has 4 heteroatoms. The number of fused-ring (bicyclic) bond motifs is 1. The van der Waals surface area contributed by atoms with Crippen molar-refractivity contribution < 1.29 is 0 Å². The van der Waals surface area contributed by atoms with E-state index in [2.05, 4.69) is 78.0 Å². The van der Waals surface area contributed by atoms with Crippen LogP contribution in [0.1, 0.15) is 71.4 Å². The van der Waals surface area contributed by atoms with Gasteiger partial charge >= 0.3 is 0 Å². The van der Waals surface area contributed by atoms with Gasteiger partial charge in [0.1, 0.15) is 6.07 Å². The number of hydrogen-bond acceptors (Lipinski definition) is 4. The molecule has 2 N–H and O–H groups in total. The summed E-state index contributed by atoms with van der Waals surface area (Å²) < 4.78 is 0. The average molecular weight is 413 g/mol. The fourth-order valence-electron chi connectivity index (χ4n) is 5.16. The van der Waals surface area contributed by atoms with E-state index in [-0.39, 0.29) is 22.4 Å². The van der Waals surface area contributed by atoms with Gasteiger partial charge in [0.15, 0.2) is 5.41 Å². The summed E-state index contributed by atoms with van der Waals surface area (Å²) in [5, 5.41) is 30.4. The largest absolute Gasteiger partial charge is 0.399 e. The number of nitrogens with two attached hydrogens (primary N) is 1. The number of nitriles is 3. The fourth-order valence-corrected chi connectivity index (χ4v) is 5.16. The lowest BCUT2D eigenvalue weighted by Crippen LogP contribution is -2.44. The molecule has 1 aromatic rings. The van der Waals surface area contributed by atoms with Crippen LogP contribution in [0.5, 0.6) is 0 Å². The smallest absolute Gasteiger partial charge is 0.191 e. The molecule has 2 aliphatic carbocycles. The molecular weight excluding hydrogens is 380 g/mol. The summed E-state index contributed by atoms with van der Waals surface area (Å²) >= 11 is 0. The Morgan fingerprint density at radius 3 is 2.00 bits per heavy atom. The van der Waals surface area contributed by atoms with Crippen LogP contribution in [0.15, 0.2) is 47.2 Å². The average Bonchev–Trinajstić information content (AvgIpc) is 2.71. The highest BCUT2D eigenvalue weighted by Crippen LogP contribution is 2.57. The van der Waals surface area contributed by atoms with Crippen molar-refractivity contribution in [3.05, 3.63) is 58.3 Å². The fraction of sp³-hybridized carbons (Fsp3) is 0.519. The summed E-state index contributed by atoms with van der Waals surface area (Å²) in [6.07, 6.45) is 3.82. The van der Waals surface area contributed by atoms with Crippen LogP contribution in [0, 0.1) is 56.7 Å². The molecule has 160 valence electrons. The molecule has 0 amide bonds. The van der Waals surface area contributed by atoms with Gasteiger partial charge in [0.2, 0.25) is 0 Å². The van der Waals surface area contributed by atoms with Crippen LogP contribution in [0.4, 0.5) is 0 Å². The van der Waals surface area contributed by atoms with Crippen molar-refractivity contribution >= 4 is 0 Å². The van der Waals surface area contributed by atoms with E-state index >= 15 is 0 Å². The van der Waals surface area contributed by atoms with Gasteiger partial charge in [0.05, 0.1) is 23.4 Å². The normalized spacial score (nSPS) is 25.5. The Morgan fingerprint density at radius 2 is 1.55 bits per heavy atom. The Balaban J connectivity index is 2.26. The number of nitrogens with zero attached hydrogens (tertiary/aromatic N) is 3. The second-order valence-corrected chi connectivity index (χ2v) is 11.1. The summed E-state index contributed by atoms with van der Waals surface area (Å²) in [7, 11) is 0. The predicted molar refractivity (Wildman–Crippen MR) is 122 cm³/mol. The van der Waals surface area contributed by atoms with Crippen LogP contribution in [0.25, 0.3) is 0 Å². The molecule has 0 aromatic heterocycles. The third kappa shape index (κ3) is 3.64. The van der Waals surface area contributed by atoms with E-state index in [1.807, 2.05) is 12.1 Å².